The number of carboxylic acids is 2. The van der Waals surface area contributed by atoms with Crippen LogP contribution in [0.1, 0.15) is 17.3 Å². The van der Waals surface area contributed by atoms with Crippen LogP contribution >= 0.6 is 0 Å². The molecule has 0 aliphatic carbocycles. The maximum Gasteiger partial charge on any atom is 0.337 e. The van der Waals surface area contributed by atoms with E-state index in [9.17, 15) is 4.79 Å². The minimum Gasteiger partial charge on any atom is -0.481 e. The Labute approximate surface area is 90.6 Å². The number of fused-ring (bicyclic) bond motifs is 1. The number of nitrogens with one attached hydrogen (secondary N) is 1. The van der Waals surface area contributed by atoms with Gasteiger partial charge in [-0.3, -0.25) is 4.79 Å². The van der Waals surface area contributed by atoms with Gasteiger partial charge in [0.25, 0.3) is 5.97 Å². The van der Waals surface area contributed by atoms with Gasteiger partial charge in [-0.2, -0.15) is 0 Å². The van der Waals surface area contributed by atoms with Gasteiger partial charge in [0.1, 0.15) is 5.52 Å². The number of H-pyrrole nitrogens is 1. The second-order valence-electron chi connectivity index (χ2n) is 2.93. The molecule has 1 aromatic carbocycles. The van der Waals surface area contributed by atoms with E-state index in [1.807, 2.05) is 0 Å². The van der Waals surface area contributed by atoms with Crippen molar-refractivity contribution in [2.75, 3.05) is 0 Å². The first-order valence-electron chi connectivity index (χ1n) is 4.37. The summed E-state index contributed by atoms with van der Waals surface area (Å²) in [6, 6.07) is 5.00. The van der Waals surface area contributed by atoms with Gasteiger partial charge in [0.05, 0.1) is 17.4 Å². The molecule has 0 radical (unpaired) electrons. The number of aromatic carboxylic acids is 1. The number of carbonyl (C=O) groups is 2. The van der Waals surface area contributed by atoms with Crippen LogP contribution in [0.5, 0.6) is 0 Å². The van der Waals surface area contributed by atoms with Crippen molar-refractivity contribution in [3.8, 4) is 0 Å². The number of carboxylic acid groups (broad SMARTS) is 2. The summed E-state index contributed by atoms with van der Waals surface area (Å²) in [6.45, 7) is 1.08. The summed E-state index contributed by atoms with van der Waals surface area (Å²) in [5.74, 6) is -1.78. The third-order valence-electron chi connectivity index (χ3n) is 1.68. The molecule has 1 aromatic heterocycles. The maximum absolute atomic E-state index is 10.7. The molecule has 0 spiro atoms. The van der Waals surface area contributed by atoms with Crippen LogP contribution < -0.4 is 0 Å². The molecule has 0 aliphatic rings. The van der Waals surface area contributed by atoms with E-state index in [4.69, 9.17) is 15.0 Å². The standard InChI is InChI=1S/C8H6N2O2.C2H4O2/c11-8(12)5-2-1-3-6-7(5)10-4-9-6;1-2(3)4/h1-4H,(H,9,10)(H,11,12);1H3,(H,3,4). The number of para-hydroxylation sites is 1. The van der Waals surface area contributed by atoms with Gasteiger partial charge in [-0.15, -0.1) is 0 Å². The highest BCUT2D eigenvalue weighted by Crippen LogP contribution is 2.13. The Hall–Kier alpha value is -2.37. The summed E-state index contributed by atoms with van der Waals surface area (Å²) in [4.78, 5) is 26.4. The minimum atomic E-state index is -0.951. The molecule has 2 rings (SSSR count). The number of hydrogen-bond acceptors (Lipinski definition) is 3. The average Bonchev–Trinajstić information content (AvgIpc) is 2.63. The molecule has 3 N–H and O–H groups in total. The van der Waals surface area contributed by atoms with E-state index in [1.165, 1.54) is 12.4 Å². The Balaban J connectivity index is 0.000000280. The lowest BCUT2D eigenvalue weighted by Crippen LogP contribution is -1.96. The van der Waals surface area contributed by atoms with Gasteiger partial charge in [0, 0.05) is 6.92 Å². The van der Waals surface area contributed by atoms with Gasteiger partial charge < -0.3 is 15.2 Å². The number of benzene rings is 1. The number of aromatic amines is 1. The number of rotatable bonds is 1. The Bertz CT molecular complexity index is 514. The van der Waals surface area contributed by atoms with Crippen LogP contribution in [0.15, 0.2) is 24.5 Å². The average molecular weight is 222 g/mol. The monoisotopic (exact) mass is 222 g/mol. The van der Waals surface area contributed by atoms with Gasteiger partial charge in [0.15, 0.2) is 0 Å². The Morgan fingerprint density at radius 3 is 2.50 bits per heavy atom. The molecular weight excluding hydrogens is 212 g/mol. The molecule has 84 valence electrons. The van der Waals surface area contributed by atoms with Gasteiger partial charge in [-0.1, -0.05) is 6.07 Å². The van der Waals surface area contributed by atoms with Crippen molar-refractivity contribution in [1.82, 2.24) is 9.97 Å². The molecule has 0 saturated carbocycles. The van der Waals surface area contributed by atoms with Crippen LogP contribution in [0.4, 0.5) is 0 Å². The van der Waals surface area contributed by atoms with E-state index in [-0.39, 0.29) is 5.56 Å². The van der Waals surface area contributed by atoms with Crippen LogP contribution in [0.25, 0.3) is 11.0 Å². The molecular formula is C10H10N2O4. The molecule has 16 heavy (non-hydrogen) atoms. The van der Waals surface area contributed by atoms with Crippen molar-refractivity contribution in [3.05, 3.63) is 30.1 Å². The van der Waals surface area contributed by atoms with Crippen molar-refractivity contribution in [2.45, 2.75) is 6.92 Å². The normalized spacial score (nSPS) is 9.31. The molecule has 0 aliphatic heterocycles. The summed E-state index contributed by atoms with van der Waals surface area (Å²) < 4.78 is 0. The highest BCUT2D eigenvalue weighted by Gasteiger charge is 2.08. The number of hydrogen-bond donors (Lipinski definition) is 3. The summed E-state index contributed by atoms with van der Waals surface area (Å²) in [6.07, 6.45) is 1.48. The smallest absolute Gasteiger partial charge is 0.337 e. The first-order valence-corrected chi connectivity index (χ1v) is 4.37. The predicted octanol–water partition coefficient (Wildman–Crippen LogP) is 1.35. The van der Waals surface area contributed by atoms with Crippen LogP contribution in [0, 0.1) is 0 Å². The van der Waals surface area contributed by atoms with Crippen molar-refractivity contribution in [1.29, 1.82) is 0 Å². The topological polar surface area (TPSA) is 103 Å². The third kappa shape index (κ3) is 2.81. The molecule has 0 saturated heterocycles. The summed E-state index contributed by atoms with van der Waals surface area (Å²) in [7, 11) is 0. The van der Waals surface area contributed by atoms with E-state index in [0.29, 0.717) is 5.52 Å². The fourth-order valence-corrected chi connectivity index (χ4v) is 1.14. The zero-order valence-electron chi connectivity index (χ0n) is 8.47. The molecule has 1 heterocycles. The Morgan fingerprint density at radius 2 is 1.94 bits per heavy atom. The van der Waals surface area contributed by atoms with Crippen LogP contribution in [-0.4, -0.2) is 32.1 Å². The van der Waals surface area contributed by atoms with Crippen molar-refractivity contribution < 1.29 is 19.8 Å². The fourth-order valence-electron chi connectivity index (χ4n) is 1.14. The molecule has 0 atom stereocenters. The molecule has 0 fully saturated rings. The Kier molecular flexibility index (Phi) is 3.60. The number of aliphatic carboxylic acids is 1. The van der Waals surface area contributed by atoms with E-state index < -0.39 is 11.9 Å². The maximum atomic E-state index is 10.7. The van der Waals surface area contributed by atoms with Crippen LogP contribution in [0.2, 0.25) is 0 Å². The predicted molar refractivity (Wildman–Crippen MR) is 56.4 cm³/mol. The minimum absolute atomic E-state index is 0.230. The van der Waals surface area contributed by atoms with Gasteiger partial charge in [0.2, 0.25) is 0 Å². The van der Waals surface area contributed by atoms with Crippen molar-refractivity contribution in [2.24, 2.45) is 0 Å². The largest absolute Gasteiger partial charge is 0.481 e. The van der Waals surface area contributed by atoms with Crippen LogP contribution in [-0.2, 0) is 4.79 Å². The van der Waals surface area contributed by atoms with Crippen LogP contribution in [0.3, 0.4) is 0 Å². The number of nitrogens with zero attached hydrogens (tertiary/aromatic N) is 1. The Morgan fingerprint density at radius 1 is 1.31 bits per heavy atom. The van der Waals surface area contributed by atoms with Gasteiger partial charge in [-0.25, -0.2) is 9.78 Å². The fraction of sp³-hybridized carbons (Fsp3) is 0.100. The summed E-state index contributed by atoms with van der Waals surface area (Å²) in [5.41, 5.74) is 1.48. The van der Waals surface area contributed by atoms with E-state index >= 15 is 0 Å². The zero-order valence-corrected chi connectivity index (χ0v) is 8.47. The zero-order chi connectivity index (χ0) is 12.1. The van der Waals surface area contributed by atoms with Gasteiger partial charge >= 0.3 is 5.97 Å². The number of imidazole rings is 1. The molecule has 6 nitrogen and oxygen atoms in total. The summed E-state index contributed by atoms with van der Waals surface area (Å²) in [5, 5.41) is 16.2. The van der Waals surface area contributed by atoms with E-state index in [1.54, 1.807) is 12.1 Å². The lowest BCUT2D eigenvalue weighted by Gasteiger charge is -1.93. The SMILES string of the molecule is CC(=O)O.O=C(O)c1cccc2[nH]cnc12. The quantitative estimate of drug-likeness (QED) is 0.675. The second-order valence-corrected chi connectivity index (χ2v) is 2.93. The van der Waals surface area contributed by atoms with Crippen molar-refractivity contribution >= 4 is 23.0 Å². The second kappa shape index (κ2) is 4.92. The lowest BCUT2D eigenvalue weighted by molar-refractivity contribution is -0.134. The number of aromatic nitrogens is 2. The van der Waals surface area contributed by atoms with Crippen molar-refractivity contribution in [3.63, 3.8) is 0 Å². The highest BCUT2D eigenvalue weighted by molar-refractivity contribution is 6.00. The van der Waals surface area contributed by atoms with E-state index in [2.05, 4.69) is 9.97 Å². The summed E-state index contributed by atoms with van der Waals surface area (Å²) >= 11 is 0. The van der Waals surface area contributed by atoms with Gasteiger partial charge in [-0.05, 0) is 12.1 Å². The first kappa shape index (κ1) is 11.7. The molecule has 2 aromatic rings. The molecule has 6 heteroatoms. The molecule has 0 bridgehead atoms. The first-order chi connectivity index (χ1) is 7.52. The lowest BCUT2D eigenvalue weighted by atomic mass is 10.2. The highest BCUT2D eigenvalue weighted by atomic mass is 16.4. The third-order valence-corrected chi connectivity index (χ3v) is 1.68. The molecule has 0 amide bonds. The molecule has 0 unspecified atom stereocenters. The van der Waals surface area contributed by atoms with E-state index in [0.717, 1.165) is 12.4 Å².